The first-order valence-electron chi connectivity index (χ1n) is 13.3. The fourth-order valence-electron chi connectivity index (χ4n) is 5.95. The molecule has 1 saturated heterocycles. The summed E-state index contributed by atoms with van der Waals surface area (Å²) in [5, 5.41) is 19.9. The number of fused-ring (bicyclic) bond motifs is 2. The van der Waals surface area contributed by atoms with Gasteiger partial charge in [0, 0.05) is 36.3 Å². The molecule has 7 rings (SSSR count). The summed E-state index contributed by atoms with van der Waals surface area (Å²) in [4.78, 5) is 32.2. The molecule has 5 aromatic rings. The van der Waals surface area contributed by atoms with Crippen molar-refractivity contribution in [1.29, 1.82) is 0 Å². The zero-order valence-electron chi connectivity index (χ0n) is 21.9. The van der Waals surface area contributed by atoms with Crippen molar-refractivity contribution in [3.05, 3.63) is 72.3 Å². The van der Waals surface area contributed by atoms with E-state index in [4.69, 9.17) is 9.47 Å². The SMILES string of the molecule is COc1cc2c(cc1OCCC(=O)Nc1ccc3ccc4cccc5ccc1c3c45)N=C[C@@H]1CC(O)CN1C2=O. The number of hydrogen-bond acceptors (Lipinski definition) is 6. The first kappa shape index (κ1) is 24.4. The minimum absolute atomic E-state index is 0.116. The van der Waals surface area contributed by atoms with Crippen molar-refractivity contribution in [2.45, 2.75) is 25.0 Å². The highest BCUT2D eigenvalue weighted by molar-refractivity contribution is 6.25. The molecular weight excluding hydrogens is 506 g/mol. The summed E-state index contributed by atoms with van der Waals surface area (Å²) in [5.41, 5.74) is 1.63. The van der Waals surface area contributed by atoms with E-state index in [0.717, 1.165) is 21.8 Å². The quantitative estimate of drug-likeness (QED) is 0.289. The molecule has 1 unspecified atom stereocenters. The number of ether oxygens (including phenoxy) is 2. The lowest BCUT2D eigenvalue weighted by Crippen LogP contribution is -2.35. The van der Waals surface area contributed by atoms with Crippen LogP contribution in [0.25, 0.3) is 32.3 Å². The maximum Gasteiger partial charge on any atom is 0.256 e. The molecule has 2 aliphatic heterocycles. The monoisotopic (exact) mass is 533 g/mol. The third-order valence-corrected chi connectivity index (χ3v) is 7.87. The van der Waals surface area contributed by atoms with Gasteiger partial charge in [-0.15, -0.1) is 0 Å². The van der Waals surface area contributed by atoms with Crippen LogP contribution in [0, 0.1) is 0 Å². The van der Waals surface area contributed by atoms with Crippen LogP contribution in [-0.2, 0) is 4.79 Å². The largest absolute Gasteiger partial charge is 0.493 e. The van der Waals surface area contributed by atoms with Gasteiger partial charge in [-0.3, -0.25) is 14.6 Å². The smallest absolute Gasteiger partial charge is 0.256 e. The van der Waals surface area contributed by atoms with Crippen molar-refractivity contribution >= 4 is 61.7 Å². The van der Waals surface area contributed by atoms with Gasteiger partial charge in [0.25, 0.3) is 5.91 Å². The predicted molar refractivity (Wildman–Crippen MR) is 155 cm³/mol. The highest BCUT2D eigenvalue weighted by atomic mass is 16.5. The molecule has 2 heterocycles. The van der Waals surface area contributed by atoms with Crippen LogP contribution in [0.15, 0.2) is 71.7 Å². The van der Waals surface area contributed by atoms with Crippen LogP contribution < -0.4 is 14.8 Å². The van der Waals surface area contributed by atoms with Crippen molar-refractivity contribution in [3.63, 3.8) is 0 Å². The van der Waals surface area contributed by atoms with Crippen LogP contribution in [-0.4, -0.2) is 60.4 Å². The average Bonchev–Trinajstić information content (AvgIpc) is 3.30. The molecule has 2 atom stereocenters. The Bertz CT molecular complexity index is 1820. The van der Waals surface area contributed by atoms with E-state index in [0.29, 0.717) is 29.2 Å². The van der Waals surface area contributed by atoms with E-state index in [2.05, 4.69) is 52.8 Å². The van der Waals surface area contributed by atoms with Crippen LogP contribution in [0.1, 0.15) is 23.2 Å². The lowest BCUT2D eigenvalue weighted by Gasteiger charge is -2.20. The molecule has 0 spiro atoms. The zero-order chi connectivity index (χ0) is 27.4. The van der Waals surface area contributed by atoms with Gasteiger partial charge in [-0.2, -0.15) is 0 Å². The van der Waals surface area contributed by atoms with E-state index in [9.17, 15) is 14.7 Å². The maximum absolute atomic E-state index is 13.1. The van der Waals surface area contributed by atoms with E-state index in [-0.39, 0.29) is 37.4 Å². The first-order chi connectivity index (χ1) is 19.5. The molecule has 8 nitrogen and oxygen atoms in total. The van der Waals surface area contributed by atoms with Gasteiger partial charge in [0.05, 0.1) is 43.5 Å². The molecule has 2 aliphatic rings. The Morgan fingerprint density at radius 2 is 1.77 bits per heavy atom. The molecule has 1 fully saturated rings. The van der Waals surface area contributed by atoms with Gasteiger partial charge in [0.15, 0.2) is 11.5 Å². The number of benzene rings is 5. The van der Waals surface area contributed by atoms with Crippen LogP contribution in [0.3, 0.4) is 0 Å². The number of nitrogens with one attached hydrogen (secondary N) is 1. The summed E-state index contributed by atoms with van der Waals surface area (Å²) >= 11 is 0. The highest BCUT2D eigenvalue weighted by Gasteiger charge is 2.36. The van der Waals surface area contributed by atoms with Gasteiger partial charge in [0.2, 0.25) is 5.91 Å². The van der Waals surface area contributed by atoms with Crippen LogP contribution >= 0.6 is 0 Å². The topological polar surface area (TPSA) is 100 Å². The molecule has 2 amide bonds. The second-order valence-corrected chi connectivity index (χ2v) is 10.3. The highest BCUT2D eigenvalue weighted by Crippen LogP contribution is 2.39. The molecule has 0 bridgehead atoms. The van der Waals surface area contributed by atoms with Crippen molar-refractivity contribution in [3.8, 4) is 11.5 Å². The summed E-state index contributed by atoms with van der Waals surface area (Å²) in [5.74, 6) is 0.416. The minimum atomic E-state index is -0.557. The Morgan fingerprint density at radius 1 is 1.02 bits per heavy atom. The lowest BCUT2D eigenvalue weighted by atomic mass is 9.93. The molecule has 2 N–H and O–H groups in total. The fraction of sp³-hybridized carbons (Fsp3) is 0.219. The number of aliphatic imine (C=N–C) groups is 1. The molecule has 0 radical (unpaired) electrons. The second kappa shape index (κ2) is 9.50. The number of methoxy groups -OCH3 is 1. The number of carbonyl (C=O) groups excluding carboxylic acids is 2. The number of anilines is 1. The fourth-order valence-corrected chi connectivity index (χ4v) is 5.95. The molecule has 0 aliphatic carbocycles. The standard InChI is InChI=1S/C32H27N3O5/c1-39-27-14-24-26(33-16-21-13-22(36)17-35(21)32(24)38)15-28(27)40-12-11-29(37)34-25-10-8-20-6-5-18-3-2-4-19-7-9-23(25)31(20)30(18)19/h2-10,14-16,21-22,36H,11-13,17H2,1H3,(H,34,37)/t21-,22?/m0/s1. The summed E-state index contributed by atoms with van der Waals surface area (Å²) in [6.07, 6.45) is 1.72. The number of aliphatic hydroxyl groups excluding tert-OH is 1. The van der Waals surface area contributed by atoms with E-state index in [1.165, 1.54) is 23.3 Å². The summed E-state index contributed by atoms with van der Waals surface area (Å²) in [7, 11) is 1.50. The molecule has 8 heteroatoms. The molecular formula is C32H27N3O5. The van der Waals surface area contributed by atoms with E-state index < -0.39 is 6.10 Å². The Kier molecular flexibility index (Phi) is 5.78. The summed E-state index contributed by atoms with van der Waals surface area (Å²) in [6.45, 7) is 0.391. The third-order valence-electron chi connectivity index (χ3n) is 7.87. The summed E-state index contributed by atoms with van der Waals surface area (Å²) < 4.78 is 11.4. The molecule has 0 saturated carbocycles. The Morgan fingerprint density at radius 3 is 2.58 bits per heavy atom. The number of aliphatic hydroxyl groups is 1. The van der Waals surface area contributed by atoms with Gasteiger partial charge in [-0.1, -0.05) is 48.5 Å². The van der Waals surface area contributed by atoms with Crippen molar-refractivity contribution in [2.24, 2.45) is 4.99 Å². The van der Waals surface area contributed by atoms with E-state index >= 15 is 0 Å². The Hall–Kier alpha value is -4.69. The predicted octanol–water partition coefficient (Wildman–Crippen LogP) is 5.29. The van der Waals surface area contributed by atoms with Crippen molar-refractivity contribution < 1.29 is 24.2 Å². The van der Waals surface area contributed by atoms with E-state index in [1.807, 2.05) is 12.1 Å². The third kappa shape index (κ3) is 3.99. The number of hydrogen-bond donors (Lipinski definition) is 2. The molecule has 0 aromatic heterocycles. The Labute approximate surface area is 230 Å². The van der Waals surface area contributed by atoms with Crippen molar-refractivity contribution in [1.82, 2.24) is 4.90 Å². The maximum atomic E-state index is 13.1. The summed E-state index contributed by atoms with van der Waals surface area (Å²) in [6, 6.07) is 21.7. The molecule has 200 valence electrons. The number of carbonyl (C=O) groups is 2. The van der Waals surface area contributed by atoms with Crippen LogP contribution in [0.2, 0.25) is 0 Å². The van der Waals surface area contributed by atoms with Crippen LogP contribution in [0.5, 0.6) is 11.5 Å². The van der Waals surface area contributed by atoms with Gasteiger partial charge in [-0.25, -0.2) is 0 Å². The zero-order valence-corrected chi connectivity index (χ0v) is 21.9. The molecule has 40 heavy (non-hydrogen) atoms. The first-order valence-corrected chi connectivity index (χ1v) is 13.3. The van der Waals surface area contributed by atoms with Crippen molar-refractivity contribution in [2.75, 3.05) is 25.6 Å². The Balaban J connectivity index is 1.08. The second-order valence-electron chi connectivity index (χ2n) is 10.3. The molecule has 5 aromatic carbocycles. The normalized spacial score (nSPS) is 18.2. The number of amides is 2. The van der Waals surface area contributed by atoms with Gasteiger partial charge in [-0.05, 0) is 39.1 Å². The van der Waals surface area contributed by atoms with E-state index in [1.54, 1.807) is 23.2 Å². The van der Waals surface area contributed by atoms with Gasteiger partial charge < -0.3 is 24.8 Å². The number of rotatable bonds is 6. The number of nitrogens with zero attached hydrogens (tertiary/aromatic N) is 2. The lowest BCUT2D eigenvalue weighted by molar-refractivity contribution is -0.116. The average molecular weight is 534 g/mol. The van der Waals surface area contributed by atoms with Crippen LogP contribution in [0.4, 0.5) is 11.4 Å². The van der Waals surface area contributed by atoms with Gasteiger partial charge >= 0.3 is 0 Å². The van der Waals surface area contributed by atoms with Gasteiger partial charge in [0.1, 0.15) is 0 Å². The minimum Gasteiger partial charge on any atom is -0.493 e.